The molecule has 0 atom stereocenters. The zero-order valence-corrected chi connectivity index (χ0v) is 37.6. The Morgan fingerprint density at radius 2 is 0.797 bits per heavy atom. The van der Waals surface area contributed by atoms with Crippen LogP contribution in [0.1, 0.15) is 0 Å². The minimum absolute atomic E-state index is 0.886. The van der Waals surface area contributed by atoms with E-state index in [1.165, 1.54) is 65.3 Å². The number of rotatable bonds is 7. The van der Waals surface area contributed by atoms with Crippen molar-refractivity contribution in [2.75, 3.05) is 4.90 Å². The van der Waals surface area contributed by atoms with Crippen molar-refractivity contribution in [3.05, 3.63) is 255 Å². The van der Waals surface area contributed by atoms with Crippen LogP contribution in [0.5, 0.6) is 0 Å². The Morgan fingerprint density at radius 1 is 0.290 bits per heavy atom. The van der Waals surface area contributed by atoms with Crippen molar-refractivity contribution >= 4 is 93.1 Å². The van der Waals surface area contributed by atoms with Gasteiger partial charge >= 0.3 is 0 Å². The van der Waals surface area contributed by atoms with Gasteiger partial charge in [0.05, 0.1) is 22.4 Å². The van der Waals surface area contributed by atoms with E-state index in [0.29, 0.717) is 0 Å². The van der Waals surface area contributed by atoms with E-state index < -0.39 is 0 Å². The highest BCUT2D eigenvalue weighted by molar-refractivity contribution is 6.26. The maximum atomic E-state index is 6.68. The maximum absolute atomic E-state index is 6.68. The van der Waals surface area contributed by atoms with Crippen LogP contribution in [0.15, 0.2) is 259 Å². The predicted molar refractivity (Wildman–Crippen MR) is 292 cm³/mol. The number of nitrogens with zero attached hydrogens (tertiary/aromatic N) is 2. The number of fused-ring (bicyclic) bond motifs is 12. The molecule has 0 N–H and O–H groups in total. The number of aromatic nitrogens is 1. The lowest BCUT2D eigenvalue weighted by molar-refractivity contribution is 0.670. The van der Waals surface area contributed by atoms with E-state index in [0.717, 1.165) is 66.9 Å². The third-order valence-corrected chi connectivity index (χ3v) is 14.2. The molecule has 0 amide bonds. The molecule has 0 fully saturated rings. The summed E-state index contributed by atoms with van der Waals surface area (Å²) >= 11 is 0. The number of para-hydroxylation sites is 6. The third-order valence-electron chi connectivity index (χ3n) is 14.2. The van der Waals surface area contributed by atoms with E-state index in [4.69, 9.17) is 4.42 Å². The Balaban J connectivity index is 0.926. The number of furan rings is 1. The first kappa shape index (κ1) is 39.0. The second kappa shape index (κ2) is 15.7. The fourth-order valence-corrected chi connectivity index (χ4v) is 11.1. The molecular formula is C66H42N2O. The van der Waals surface area contributed by atoms with Gasteiger partial charge in [-0.15, -0.1) is 0 Å². The van der Waals surface area contributed by atoms with Crippen LogP contribution in [0.2, 0.25) is 0 Å². The highest BCUT2D eigenvalue weighted by atomic mass is 16.3. The molecule has 0 bridgehead atoms. The van der Waals surface area contributed by atoms with Crippen LogP contribution in [0, 0.1) is 0 Å². The Hall–Kier alpha value is -9.18. The van der Waals surface area contributed by atoms with Crippen molar-refractivity contribution in [1.82, 2.24) is 4.57 Å². The molecular weight excluding hydrogens is 837 g/mol. The van der Waals surface area contributed by atoms with Crippen LogP contribution in [-0.4, -0.2) is 4.57 Å². The molecule has 14 rings (SSSR count). The van der Waals surface area contributed by atoms with Crippen LogP contribution >= 0.6 is 0 Å². The van der Waals surface area contributed by atoms with Crippen LogP contribution < -0.4 is 4.90 Å². The van der Waals surface area contributed by atoms with Crippen LogP contribution in [0.4, 0.5) is 17.1 Å². The molecule has 2 heterocycles. The molecule has 12 aromatic carbocycles. The Labute approximate surface area is 399 Å². The topological polar surface area (TPSA) is 21.3 Å². The van der Waals surface area contributed by atoms with Crippen molar-refractivity contribution in [2.24, 2.45) is 0 Å². The molecule has 0 aliphatic rings. The van der Waals surface area contributed by atoms with Gasteiger partial charge in [-0.2, -0.15) is 0 Å². The van der Waals surface area contributed by atoms with Gasteiger partial charge in [-0.25, -0.2) is 0 Å². The minimum Gasteiger partial charge on any atom is -0.455 e. The third kappa shape index (κ3) is 6.21. The van der Waals surface area contributed by atoms with Gasteiger partial charge in [-0.3, -0.25) is 0 Å². The normalized spacial score (nSPS) is 11.8. The number of hydrogen-bond donors (Lipinski definition) is 0. The van der Waals surface area contributed by atoms with Crippen LogP contribution in [-0.2, 0) is 0 Å². The van der Waals surface area contributed by atoms with Gasteiger partial charge in [0.2, 0.25) is 0 Å². The largest absolute Gasteiger partial charge is 0.455 e. The smallest absolute Gasteiger partial charge is 0.143 e. The number of hydrogen-bond acceptors (Lipinski definition) is 2. The average molecular weight is 879 g/mol. The first-order chi connectivity index (χ1) is 34.2. The quantitative estimate of drug-likeness (QED) is 0.149. The summed E-state index contributed by atoms with van der Waals surface area (Å²) in [5.41, 5.74) is 15.3. The predicted octanol–water partition coefficient (Wildman–Crippen LogP) is 18.6. The Morgan fingerprint density at radius 3 is 1.52 bits per heavy atom. The average Bonchev–Trinajstić information content (AvgIpc) is 3.98. The fraction of sp³-hybridized carbons (Fsp3) is 0. The minimum atomic E-state index is 0.886. The molecule has 0 unspecified atom stereocenters. The Kier molecular flexibility index (Phi) is 8.90. The molecule has 3 nitrogen and oxygen atoms in total. The summed E-state index contributed by atoms with van der Waals surface area (Å²) in [6, 6.07) is 92.5. The molecule has 0 spiro atoms. The summed E-state index contributed by atoms with van der Waals surface area (Å²) in [6.07, 6.45) is 0. The summed E-state index contributed by atoms with van der Waals surface area (Å²) < 4.78 is 9.10. The van der Waals surface area contributed by atoms with Gasteiger partial charge < -0.3 is 13.9 Å². The van der Waals surface area contributed by atoms with Gasteiger partial charge in [-0.05, 0) is 110 Å². The van der Waals surface area contributed by atoms with Crippen LogP contribution in [0.3, 0.4) is 0 Å². The highest BCUT2D eigenvalue weighted by Crippen LogP contribution is 2.47. The lowest BCUT2D eigenvalue weighted by Gasteiger charge is -2.28. The molecule has 69 heavy (non-hydrogen) atoms. The van der Waals surface area contributed by atoms with E-state index in [1.54, 1.807) is 0 Å². The molecule has 14 aromatic rings. The molecule has 322 valence electrons. The second-order valence-corrected chi connectivity index (χ2v) is 18.0. The standard InChI is InChI=1S/C66H42N2O/c1-2-22-51-49(20-1)50-21-3-4-23-52(50)60-42-47(39-40-53(51)60)67(62-31-11-8-26-56(62)58-28-16-29-59-57-27-9-14-34-65(57)69-66(58)59)46-37-35-43(36-38-46)44-17-15-18-45(41-44)48-19-5-10-30-61(48)68-63-32-12-6-24-54(63)55-25-7-13-33-64(55)68/h1-42H. The zero-order valence-electron chi connectivity index (χ0n) is 37.6. The van der Waals surface area contributed by atoms with Crippen molar-refractivity contribution in [3.8, 4) is 39.1 Å². The molecule has 0 saturated carbocycles. The SMILES string of the molecule is c1cc(-c2ccc(N(c3ccc4c5ccccc5c5ccccc5c4c3)c3ccccc3-c3cccc4c3oc3ccccc34)cc2)cc(-c2ccccc2-n2c3ccccc3c3ccccc32)c1. The van der Waals surface area contributed by atoms with Crippen LogP contribution in [0.25, 0.3) is 115 Å². The van der Waals surface area contributed by atoms with E-state index in [-0.39, 0.29) is 0 Å². The van der Waals surface area contributed by atoms with E-state index in [9.17, 15) is 0 Å². The summed E-state index contributed by atoms with van der Waals surface area (Å²) in [6.45, 7) is 0. The van der Waals surface area contributed by atoms with Crippen molar-refractivity contribution in [3.63, 3.8) is 0 Å². The summed E-state index contributed by atoms with van der Waals surface area (Å²) in [7, 11) is 0. The summed E-state index contributed by atoms with van der Waals surface area (Å²) in [5, 5.41) is 12.2. The number of benzene rings is 12. The lowest BCUT2D eigenvalue weighted by Crippen LogP contribution is -2.11. The van der Waals surface area contributed by atoms with E-state index >= 15 is 0 Å². The monoisotopic (exact) mass is 878 g/mol. The molecule has 2 aromatic heterocycles. The number of anilines is 3. The molecule has 0 radical (unpaired) electrons. The first-order valence-corrected chi connectivity index (χ1v) is 23.7. The Bertz CT molecular complexity index is 4240. The highest BCUT2D eigenvalue weighted by Gasteiger charge is 2.22. The van der Waals surface area contributed by atoms with Crippen molar-refractivity contribution < 1.29 is 4.42 Å². The fourth-order valence-electron chi connectivity index (χ4n) is 11.1. The van der Waals surface area contributed by atoms with Gasteiger partial charge in [0.15, 0.2) is 0 Å². The molecule has 0 aliphatic carbocycles. The molecule has 0 saturated heterocycles. The zero-order chi connectivity index (χ0) is 45.4. The van der Waals surface area contributed by atoms with Gasteiger partial charge in [0, 0.05) is 49.6 Å². The van der Waals surface area contributed by atoms with Crippen molar-refractivity contribution in [1.29, 1.82) is 0 Å². The summed E-state index contributed by atoms with van der Waals surface area (Å²) in [5.74, 6) is 0. The first-order valence-electron chi connectivity index (χ1n) is 23.7. The van der Waals surface area contributed by atoms with Gasteiger partial charge in [0.1, 0.15) is 11.2 Å². The van der Waals surface area contributed by atoms with E-state index in [1.807, 2.05) is 6.07 Å². The van der Waals surface area contributed by atoms with Gasteiger partial charge in [0.25, 0.3) is 0 Å². The summed E-state index contributed by atoms with van der Waals surface area (Å²) in [4.78, 5) is 2.42. The van der Waals surface area contributed by atoms with Gasteiger partial charge in [-0.1, -0.05) is 194 Å². The van der Waals surface area contributed by atoms with Crippen molar-refractivity contribution in [2.45, 2.75) is 0 Å². The lowest BCUT2D eigenvalue weighted by atomic mass is 9.93. The molecule has 0 aliphatic heterocycles. The maximum Gasteiger partial charge on any atom is 0.143 e. The van der Waals surface area contributed by atoms with E-state index in [2.05, 4.69) is 258 Å². The molecule has 3 heteroatoms. The second-order valence-electron chi connectivity index (χ2n) is 18.0.